The van der Waals surface area contributed by atoms with E-state index in [9.17, 15) is 14.4 Å². The van der Waals surface area contributed by atoms with E-state index in [2.05, 4.69) is 15.2 Å². The topological polar surface area (TPSA) is 105 Å². The minimum absolute atomic E-state index is 0.195. The highest BCUT2D eigenvalue weighted by Gasteiger charge is 2.25. The van der Waals surface area contributed by atoms with Crippen LogP contribution < -0.4 is 16.6 Å². The van der Waals surface area contributed by atoms with Crippen LogP contribution in [0.3, 0.4) is 0 Å². The SMILES string of the molecule is Cn1c(NC(=O)CN2CCC[C@@H](c3nc4ccccc4[nH]3)C2)cc(=O)n(C)c1=O. The molecule has 1 atom stereocenters. The summed E-state index contributed by atoms with van der Waals surface area (Å²) in [4.78, 5) is 46.5. The van der Waals surface area contributed by atoms with Crippen molar-refractivity contribution in [3.63, 3.8) is 0 Å². The molecule has 0 bridgehead atoms. The van der Waals surface area contributed by atoms with Crippen molar-refractivity contribution in [2.45, 2.75) is 18.8 Å². The summed E-state index contributed by atoms with van der Waals surface area (Å²) in [6.07, 6.45) is 1.99. The minimum Gasteiger partial charge on any atom is -0.342 e. The lowest BCUT2D eigenvalue weighted by Crippen LogP contribution is -2.42. The number of nitrogens with zero attached hydrogens (tertiary/aromatic N) is 4. The van der Waals surface area contributed by atoms with E-state index in [4.69, 9.17) is 4.98 Å². The Morgan fingerprint density at radius 1 is 1.24 bits per heavy atom. The van der Waals surface area contributed by atoms with Gasteiger partial charge in [0.1, 0.15) is 11.6 Å². The van der Waals surface area contributed by atoms with Gasteiger partial charge in [0.15, 0.2) is 0 Å². The normalized spacial score (nSPS) is 17.5. The number of para-hydroxylation sites is 2. The first-order chi connectivity index (χ1) is 13.9. The van der Waals surface area contributed by atoms with Gasteiger partial charge < -0.3 is 10.3 Å². The Kier molecular flexibility index (Phi) is 5.06. The van der Waals surface area contributed by atoms with Crippen LogP contribution in [-0.4, -0.2) is 49.5 Å². The summed E-state index contributed by atoms with van der Waals surface area (Å²) < 4.78 is 2.25. The van der Waals surface area contributed by atoms with Crippen LogP contribution in [-0.2, 0) is 18.9 Å². The van der Waals surface area contributed by atoms with Crippen molar-refractivity contribution in [2.75, 3.05) is 25.0 Å². The predicted octanol–water partition coefficient (Wildman–Crippen LogP) is 0.778. The van der Waals surface area contributed by atoms with E-state index in [0.29, 0.717) is 0 Å². The fourth-order valence-corrected chi connectivity index (χ4v) is 3.83. The number of aromatic nitrogens is 4. The van der Waals surface area contributed by atoms with E-state index in [1.54, 1.807) is 0 Å². The molecule has 9 nitrogen and oxygen atoms in total. The van der Waals surface area contributed by atoms with Crippen LogP contribution in [0.5, 0.6) is 0 Å². The van der Waals surface area contributed by atoms with Gasteiger partial charge in [-0.25, -0.2) is 9.78 Å². The fourth-order valence-electron chi connectivity index (χ4n) is 3.83. The van der Waals surface area contributed by atoms with Gasteiger partial charge in [-0.2, -0.15) is 0 Å². The molecule has 2 aromatic heterocycles. The van der Waals surface area contributed by atoms with E-state index in [0.717, 1.165) is 47.4 Å². The fraction of sp³-hybridized carbons (Fsp3) is 0.400. The van der Waals surface area contributed by atoms with E-state index in [1.165, 1.54) is 24.7 Å². The Balaban J connectivity index is 1.43. The third-order valence-corrected chi connectivity index (χ3v) is 5.46. The lowest BCUT2D eigenvalue weighted by molar-refractivity contribution is -0.117. The number of carbonyl (C=O) groups is 1. The first-order valence-corrected chi connectivity index (χ1v) is 9.66. The van der Waals surface area contributed by atoms with Gasteiger partial charge in [-0.3, -0.25) is 23.6 Å². The molecule has 0 unspecified atom stereocenters. The molecule has 3 heterocycles. The molecule has 0 radical (unpaired) electrons. The van der Waals surface area contributed by atoms with Gasteiger partial charge in [0, 0.05) is 32.6 Å². The van der Waals surface area contributed by atoms with Crippen LogP contribution >= 0.6 is 0 Å². The second-order valence-corrected chi connectivity index (χ2v) is 7.53. The molecule has 2 N–H and O–H groups in total. The summed E-state index contributed by atoms with van der Waals surface area (Å²) in [5, 5.41) is 2.69. The summed E-state index contributed by atoms with van der Waals surface area (Å²) in [6, 6.07) is 9.19. The number of piperidine rings is 1. The van der Waals surface area contributed by atoms with Crippen molar-refractivity contribution in [1.82, 2.24) is 24.0 Å². The van der Waals surface area contributed by atoms with Crippen molar-refractivity contribution >= 4 is 22.8 Å². The summed E-state index contributed by atoms with van der Waals surface area (Å²) >= 11 is 0. The highest BCUT2D eigenvalue weighted by molar-refractivity contribution is 5.91. The van der Waals surface area contributed by atoms with E-state index < -0.39 is 11.2 Å². The zero-order valence-electron chi connectivity index (χ0n) is 16.5. The maximum Gasteiger partial charge on any atom is 0.332 e. The number of anilines is 1. The molecule has 3 aromatic rings. The smallest absolute Gasteiger partial charge is 0.332 e. The molecule has 0 saturated carbocycles. The molecule has 152 valence electrons. The number of benzene rings is 1. The van der Waals surface area contributed by atoms with Crippen molar-refractivity contribution in [3.8, 4) is 0 Å². The number of rotatable bonds is 4. The Bertz CT molecular complexity index is 1140. The second-order valence-electron chi connectivity index (χ2n) is 7.53. The average molecular weight is 396 g/mol. The zero-order valence-corrected chi connectivity index (χ0v) is 16.5. The maximum absolute atomic E-state index is 12.5. The second kappa shape index (κ2) is 7.67. The lowest BCUT2D eigenvalue weighted by Gasteiger charge is -2.31. The number of likely N-dealkylation sites (tertiary alicyclic amines) is 1. The molecule has 1 aromatic carbocycles. The van der Waals surface area contributed by atoms with Crippen LogP contribution in [0.15, 0.2) is 39.9 Å². The number of carbonyl (C=O) groups excluding carboxylic acids is 1. The Morgan fingerprint density at radius 3 is 2.83 bits per heavy atom. The van der Waals surface area contributed by atoms with Gasteiger partial charge in [0.05, 0.1) is 17.6 Å². The largest absolute Gasteiger partial charge is 0.342 e. The van der Waals surface area contributed by atoms with E-state index in [-0.39, 0.29) is 24.2 Å². The summed E-state index contributed by atoms with van der Waals surface area (Å²) in [6.45, 7) is 1.74. The van der Waals surface area contributed by atoms with Crippen molar-refractivity contribution in [1.29, 1.82) is 0 Å². The number of imidazole rings is 1. The summed E-state index contributed by atoms with van der Waals surface area (Å²) in [7, 11) is 2.93. The lowest BCUT2D eigenvalue weighted by atomic mass is 9.97. The molecule has 1 saturated heterocycles. The third kappa shape index (κ3) is 3.86. The number of nitrogens with one attached hydrogen (secondary N) is 2. The molecule has 4 rings (SSSR count). The van der Waals surface area contributed by atoms with Gasteiger partial charge in [-0.15, -0.1) is 0 Å². The number of amides is 1. The number of hydrogen-bond donors (Lipinski definition) is 2. The van der Waals surface area contributed by atoms with Gasteiger partial charge in [0.2, 0.25) is 5.91 Å². The quantitative estimate of drug-likeness (QED) is 0.678. The Morgan fingerprint density at radius 2 is 2.03 bits per heavy atom. The standard InChI is InChI=1S/C20H24N6O3/c1-24-16(10-18(28)25(2)20(24)29)23-17(27)12-26-9-5-6-13(11-26)19-21-14-7-3-4-8-15(14)22-19/h3-4,7-8,10,13H,5-6,9,11-12H2,1-2H3,(H,21,22)(H,23,27)/t13-/m1/s1. The first-order valence-electron chi connectivity index (χ1n) is 9.66. The number of hydrogen-bond acceptors (Lipinski definition) is 5. The highest BCUT2D eigenvalue weighted by Crippen LogP contribution is 2.26. The molecule has 1 aliphatic rings. The summed E-state index contributed by atoms with van der Waals surface area (Å²) in [5.74, 6) is 1.13. The van der Waals surface area contributed by atoms with Gasteiger partial charge in [-0.1, -0.05) is 12.1 Å². The predicted molar refractivity (Wildman–Crippen MR) is 110 cm³/mol. The molecule has 29 heavy (non-hydrogen) atoms. The van der Waals surface area contributed by atoms with Gasteiger partial charge in [-0.05, 0) is 31.5 Å². The van der Waals surface area contributed by atoms with Crippen LogP contribution in [0.1, 0.15) is 24.6 Å². The van der Waals surface area contributed by atoms with Gasteiger partial charge in [0.25, 0.3) is 5.56 Å². The van der Waals surface area contributed by atoms with Crippen molar-refractivity contribution in [2.24, 2.45) is 14.1 Å². The van der Waals surface area contributed by atoms with E-state index in [1.807, 2.05) is 24.3 Å². The Labute approximate surface area is 167 Å². The maximum atomic E-state index is 12.5. The highest BCUT2D eigenvalue weighted by atomic mass is 16.2. The molecule has 1 amide bonds. The van der Waals surface area contributed by atoms with E-state index >= 15 is 0 Å². The first kappa shape index (κ1) is 19.1. The van der Waals surface area contributed by atoms with Crippen LogP contribution in [0.2, 0.25) is 0 Å². The summed E-state index contributed by atoms with van der Waals surface area (Å²) in [5.41, 5.74) is 1.04. The molecule has 0 spiro atoms. The third-order valence-electron chi connectivity index (χ3n) is 5.46. The van der Waals surface area contributed by atoms with Crippen molar-refractivity contribution in [3.05, 3.63) is 57.0 Å². The molecular weight excluding hydrogens is 372 g/mol. The molecule has 0 aliphatic carbocycles. The number of fused-ring (bicyclic) bond motifs is 1. The number of H-pyrrole nitrogens is 1. The Hall–Kier alpha value is -3.20. The van der Waals surface area contributed by atoms with Crippen LogP contribution in [0.25, 0.3) is 11.0 Å². The zero-order chi connectivity index (χ0) is 20.5. The molecular formula is C20H24N6O3. The number of aromatic amines is 1. The van der Waals surface area contributed by atoms with Crippen LogP contribution in [0.4, 0.5) is 5.82 Å². The monoisotopic (exact) mass is 396 g/mol. The van der Waals surface area contributed by atoms with Gasteiger partial charge >= 0.3 is 5.69 Å². The van der Waals surface area contributed by atoms with Crippen molar-refractivity contribution < 1.29 is 4.79 Å². The van der Waals surface area contributed by atoms with Crippen LogP contribution in [0, 0.1) is 0 Å². The minimum atomic E-state index is -0.476. The average Bonchev–Trinajstić information content (AvgIpc) is 3.15. The molecule has 1 aliphatic heterocycles. The molecule has 9 heteroatoms. The molecule has 1 fully saturated rings.